The van der Waals surface area contributed by atoms with Gasteiger partial charge in [0, 0.05) is 12.6 Å². The van der Waals surface area contributed by atoms with Gasteiger partial charge in [-0.3, -0.25) is 14.6 Å². The van der Waals surface area contributed by atoms with Crippen molar-refractivity contribution in [3.63, 3.8) is 0 Å². The van der Waals surface area contributed by atoms with Crippen molar-refractivity contribution in [3.8, 4) is 0 Å². The number of hydrogen-bond acceptors (Lipinski definition) is 4. The number of carbonyl (C=O) groups excluding carboxylic acids is 1. The molecule has 3 aromatic rings. The normalized spacial score (nSPS) is 10.7. The van der Waals surface area contributed by atoms with E-state index in [4.69, 9.17) is 0 Å². The number of aryl methyl sites for hydroxylation is 1. The summed E-state index contributed by atoms with van der Waals surface area (Å²) in [7, 11) is 0. The number of amides is 1. The number of hydrogen-bond donors (Lipinski definition) is 2. The molecule has 3 rings (SSSR count). The average molecular weight is 283 g/mol. The number of aromatic amines is 1. The SMILES string of the molecule is Cc1nc2[nH]c(=O)cc(C(=O)NCc3ccccc3)n2n1. The van der Waals surface area contributed by atoms with Gasteiger partial charge in [-0.05, 0) is 12.5 Å². The Balaban J connectivity index is 1.89. The molecular formula is C14H13N5O2. The molecule has 1 aromatic carbocycles. The van der Waals surface area contributed by atoms with E-state index in [1.54, 1.807) is 6.92 Å². The standard InChI is InChI=1S/C14H13N5O2/c1-9-16-14-17-12(20)7-11(19(14)18-9)13(21)15-8-10-5-3-2-4-6-10/h2-7H,8H2,1H3,(H,15,21)(H,16,17,18,20). The van der Waals surface area contributed by atoms with Crippen molar-refractivity contribution < 1.29 is 4.79 Å². The zero-order chi connectivity index (χ0) is 14.8. The van der Waals surface area contributed by atoms with Gasteiger partial charge in [-0.15, -0.1) is 5.10 Å². The summed E-state index contributed by atoms with van der Waals surface area (Å²) in [5.74, 6) is 0.360. The summed E-state index contributed by atoms with van der Waals surface area (Å²) in [6, 6.07) is 10.7. The summed E-state index contributed by atoms with van der Waals surface area (Å²) in [6.45, 7) is 2.07. The molecule has 0 fully saturated rings. The minimum absolute atomic E-state index is 0.158. The first-order valence-corrected chi connectivity index (χ1v) is 6.42. The highest BCUT2D eigenvalue weighted by Crippen LogP contribution is 2.02. The molecule has 106 valence electrons. The molecule has 0 bridgehead atoms. The number of aromatic nitrogens is 4. The van der Waals surface area contributed by atoms with E-state index >= 15 is 0 Å². The second-order valence-electron chi connectivity index (χ2n) is 4.58. The van der Waals surface area contributed by atoms with E-state index in [0.717, 1.165) is 5.56 Å². The van der Waals surface area contributed by atoms with Crippen LogP contribution in [0.15, 0.2) is 41.2 Å². The van der Waals surface area contributed by atoms with E-state index in [-0.39, 0.29) is 22.9 Å². The lowest BCUT2D eigenvalue weighted by molar-refractivity contribution is 0.0943. The molecule has 0 aliphatic heterocycles. The van der Waals surface area contributed by atoms with E-state index in [1.165, 1.54) is 10.6 Å². The van der Waals surface area contributed by atoms with Crippen LogP contribution in [0.2, 0.25) is 0 Å². The molecule has 1 amide bonds. The summed E-state index contributed by atoms with van der Waals surface area (Å²) in [4.78, 5) is 30.4. The van der Waals surface area contributed by atoms with Gasteiger partial charge in [0.25, 0.3) is 11.5 Å². The highest BCUT2D eigenvalue weighted by molar-refractivity contribution is 5.92. The first-order valence-electron chi connectivity index (χ1n) is 6.42. The summed E-state index contributed by atoms with van der Waals surface area (Å²) < 4.78 is 1.33. The summed E-state index contributed by atoms with van der Waals surface area (Å²) in [5, 5.41) is 6.87. The van der Waals surface area contributed by atoms with Gasteiger partial charge in [0.15, 0.2) is 0 Å². The lowest BCUT2D eigenvalue weighted by Gasteiger charge is -2.06. The Morgan fingerprint density at radius 1 is 1.33 bits per heavy atom. The molecule has 0 radical (unpaired) electrons. The molecule has 2 heterocycles. The van der Waals surface area contributed by atoms with Gasteiger partial charge in [0.1, 0.15) is 11.5 Å². The first kappa shape index (κ1) is 13.0. The Kier molecular flexibility index (Phi) is 3.23. The zero-order valence-electron chi connectivity index (χ0n) is 11.3. The average Bonchev–Trinajstić information content (AvgIpc) is 2.85. The second kappa shape index (κ2) is 5.20. The van der Waals surface area contributed by atoms with Gasteiger partial charge in [-0.1, -0.05) is 30.3 Å². The van der Waals surface area contributed by atoms with Crippen LogP contribution in [0.1, 0.15) is 21.9 Å². The molecule has 0 aliphatic rings. The largest absolute Gasteiger partial charge is 0.347 e. The van der Waals surface area contributed by atoms with Crippen LogP contribution in [0, 0.1) is 6.92 Å². The number of nitrogens with zero attached hydrogens (tertiary/aromatic N) is 3. The lowest BCUT2D eigenvalue weighted by atomic mass is 10.2. The van der Waals surface area contributed by atoms with Crippen LogP contribution in [0.25, 0.3) is 5.78 Å². The van der Waals surface area contributed by atoms with Crippen LogP contribution >= 0.6 is 0 Å². The number of H-pyrrole nitrogens is 1. The Morgan fingerprint density at radius 3 is 2.86 bits per heavy atom. The highest BCUT2D eigenvalue weighted by atomic mass is 16.2. The molecule has 2 aromatic heterocycles. The molecule has 7 nitrogen and oxygen atoms in total. The van der Waals surface area contributed by atoms with Crippen LogP contribution in [-0.2, 0) is 6.54 Å². The van der Waals surface area contributed by atoms with Crippen molar-refractivity contribution in [2.75, 3.05) is 0 Å². The maximum Gasteiger partial charge on any atom is 0.270 e. The number of nitrogens with one attached hydrogen (secondary N) is 2. The predicted molar refractivity (Wildman–Crippen MR) is 76.0 cm³/mol. The molecule has 2 N–H and O–H groups in total. The van der Waals surface area contributed by atoms with Gasteiger partial charge in [0.05, 0.1) is 0 Å². The smallest absolute Gasteiger partial charge is 0.270 e. The van der Waals surface area contributed by atoms with Crippen LogP contribution < -0.4 is 10.9 Å². The van der Waals surface area contributed by atoms with Crippen molar-refractivity contribution in [1.82, 2.24) is 24.9 Å². The van der Waals surface area contributed by atoms with Crippen molar-refractivity contribution in [2.24, 2.45) is 0 Å². The fraction of sp³-hybridized carbons (Fsp3) is 0.143. The zero-order valence-corrected chi connectivity index (χ0v) is 11.3. The van der Waals surface area contributed by atoms with Crippen LogP contribution in [-0.4, -0.2) is 25.5 Å². The third-order valence-electron chi connectivity index (χ3n) is 2.97. The van der Waals surface area contributed by atoms with Gasteiger partial charge >= 0.3 is 0 Å². The quantitative estimate of drug-likeness (QED) is 0.738. The van der Waals surface area contributed by atoms with E-state index < -0.39 is 0 Å². The lowest BCUT2D eigenvalue weighted by Crippen LogP contribution is -2.27. The maximum absolute atomic E-state index is 12.2. The highest BCUT2D eigenvalue weighted by Gasteiger charge is 2.14. The molecule has 21 heavy (non-hydrogen) atoms. The van der Waals surface area contributed by atoms with E-state index in [1.807, 2.05) is 30.3 Å². The van der Waals surface area contributed by atoms with Gasteiger partial charge in [-0.2, -0.15) is 9.50 Å². The van der Waals surface area contributed by atoms with Crippen LogP contribution in [0.3, 0.4) is 0 Å². The number of fused-ring (bicyclic) bond motifs is 1. The van der Waals surface area contributed by atoms with Crippen molar-refractivity contribution in [3.05, 3.63) is 63.8 Å². The molecule has 0 spiro atoms. The third kappa shape index (κ3) is 2.66. The first-order chi connectivity index (χ1) is 10.1. The minimum Gasteiger partial charge on any atom is -0.347 e. The molecule has 0 saturated heterocycles. The summed E-state index contributed by atoms with van der Waals surface area (Å²) >= 11 is 0. The monoisotopic (exact) mass is 283 g/mol. The van der Waals surface area contributed by atoms with Crippen LogP contribution in [0.4, 0.5) is 0 Å². The van der Waals surface area contributed by atoms with Crippen molar-refractivity contribution in [2.45, 2.75) is 13.5 Å². The Hall–Kier alpha value is -2.96. The topological polar surface area (TPSA) is 92.1 Å². The summed E-state index contributed by atoms with van der Waals surface area (Å²) in [6.07, 6.45) is 0. The van der Waals surface area contributed by atoms with Crippen molar-refractivity contribution >= 4 is 11.7 Å². The van der Waals surface area contributed by atoms with Gasteiger partial charge in [0.2, 0.25) is 5.78 Å². The molecule has 7 heteroatoms. The Labute approximate surface area is 119 Å². The fourth-order valence-electron chi connectivity index (χ4n) is 2.03. The number of benzene rings is 1. The Bertz CT molecular complexity index is 851. The second-order valence-corrected chi connectivity index (χ2v) is 4.58. The van der Waals surface area contributed by atoms with Crippen LogP contribution in [0.5, 0.6) is 0 Å². The molecule has 0 unspecified atom stereocenters. The van der Waals surface area contributed by atoms with E-state index in [2.05, 4.69) is 20.4 Å². The van der Waals surface area contributed by atoms with E-state index in [9.17, 15) is 9.59 Å². The molecular weight excluding hydrogens is 270 g/mol. The van der Waals surface area contributed by atoms with Crippen molar-refractivity contribution in [1.29, 1.82) is 0 Å². The summed E-state index contributed by atoms with van der Waals surface area (Å²) in [5.41, 5.74) is 0.742. The maximum atomic E-state index is 12.2. The molecule has 0 saturated carbocycles. The molecule has 0 atom stereocenters. The predicted octanol–water partition coefficient (Wildman–Crippen LogP) is 0.656. The Morgan fingerprint density at radius 2 is 2.10 bits per heavy atom. The minimum atomic E-state index is -0.389. The van der Waals surface area contributed by atoms with E-state index in [0.29, 0.717) is 12.4 Å². The molecule has 0 aliphatic carbocycles. The third-order valence-corrected chi connectivity index (χ3v) is 2.97. The van der Waals surface area contributed by atoms with Gasteiger partial charge < -0.3 is 5.32 Å². The number of rotatable bonds is 3. The number of carbonyl (C=O) groups is 1. The van der Waals surface area contributed by atoms with Gasteiger partial charge in [-0.25, -0.2) is 0 Å². The fourth-order valence-corrected chi connectivity index (χ4v) is 2.03.